The summed E-state index contributed by atoms with van der Waals surface area (Å²) in [5.74, 6) is 0.0859. The summed E-state index contributed by atoms with van der Waals surface area (Å²) in [5.41, 5.74) is 0.820. The van der Waals surface area contributed by atoms with Gasteiger partial charge < -0.3 is 14.4 Å². The molecule has 0 unspecified atom stereocenters. The van der Waals surface area contributed by atoms with Gasteiger partial charge in [0.2, 0.25) is 18.2 Å². The van der Waals surface area contributed by atoms with Crippen molar-refractivity contribution in [2.75, 3.05) is 30.5 Å². The first-order valence-electron chi connectivity index (χ1n) is 8.05. The van der Waals surface area contributed by atoms with Crippen LogP contribution in [0.3, 0.4) is 0 Å². The summed E-state index contributed by atoms with van der Waals surface area (Å²) in [7, 11) is -2.89. The first kappa shape index (κ1) is 19.4. The average molecular weight is 407 g/mol. The fourth-order valence-electron chi connectivity index (χ4n) is 2.57. The van der Waals surface area contributed by atoms with Crippen molar-refractivity contribution < 1.29 is 27.5 Å². The highest BCUT2D eigenvalue weighted by Gasteiger charge is 2.28. The number of aromatic nitrogens is 2. The molecule has 0 radical (unpaired) electrons. The summed E-state index contributed by atoms with van der Waals surface area (Å²) in [5, 5.41) is 2.24. The van der Waals surface area contributed by atoms with Gasteiger partial charge in [-0.2, -0.15) is 4.98 Å². The van der Waals surface area contributed by atoms with E-state index in [0.717, 1.165) is 0 Å². The van der Waals surface area contributed by atoms with Crippen LogP contribution in [-0.2, 0) is 14.8 Å². The predicted molar refractivity (Wildman–Crippen MR) is 98.0 cm³/mol. The molecular formula is C16H17N5O6S. The maximum absolute atomic E-state index is 12.7. The van der Waals surface area contributed by atoms with Gasteiger partial charge in [-0.15, -0.1) is 0 Å². The van der Waals surface area contributed by atoms with Gasteiger partial charge >= 0.3 is 6.03 Å². The number of rotatable bonds is 5. The van der Waals surface area contributed by atoms with E-state index in [0.29, 0.717) is 24.3 Å². The number of methoxy groups -OCH3 is 1. The molecule has 1 aliphatic heterocycles. The van der Waals surface area contributed by atoms with Gasteiger partial charge in [-0.3, -0.25) is 10.1 Å². The van der Waals surface area contributed by atoms with E-state index in [1.165, 1.54) is 24.1 Å². The Hall–Kier alpha value is -3.41. The molecule has 3 rings (SSSR count). The van der Waals surface area contributed by atoms with Crippen LogP contribution in [0, 0.1) is 6.92 Å². The van der Waals surface area contributed by atoms with Crippen molar-refractivity contribution in [2.45, 2.75) is 11.8 Å². The lowest BCUT2D eigenvalue weighted by Crippen LogP contribution is -2.36. The number of para-hydroxylation sites is 1. The van der Waals surface area contributed by atoms with E-state index < -0.39 is 16.1 Å². The van der Waals surface area contributed by atoms with Crippen LogP contribution in [-0.4, -0.2) is 51.1 Å². The summed E-state index contributed by atoms with van der Waals surface area (Å²) < 4.78 is 37.6. The monoisotopic (exact) mass is 407 g/mol. The lowest BCUT2D eigenvalue weighted by atomic mass is 10.2. The van der Waals surface area contributed by atoms with E-state index in [1.807, 2.05) is 4.72 Å². The second-order valence-corrected chi connectivity index (χ2v) is 7.34. The SMILES string of the molecule is COc1cc(C)nc(NC(=O)NS(=O)(=O)c2cccc3c2OCCN3C=O)n1. The van der Waals surface area contributed by atoms with Gasteiger partial charge in [0.05, 0.1) is 19.3 Å². The third kappa shape index (κ3) is 3.96. The molecule has 2 N–H and O–H groups in total. The third-order valence-corrected chi connectivity index (χ3v) is 5.11. The second kappa shape index (κ2) is 7.68. The maximum Gasteiger partial charge on any atom is 0.335 e. The molecule has 28 heavy (non-hydrogen) atoms. The molecule has 0 saturated heterocycles. The van der Waals surface area contributed by atoms with Crippen molar-refractivity contribution in [1.29, 1.82) is 0 Å². The number of fused-ring (bicyclic) bond motifs is 1. The minimum atomic E-state index is -4.29. The number of hydrogen-bond donors (Lipinski definition) is 2. The number of nitrogens with one attached hydrogen (secondary N) is 2. The van der Waals surface area contributed by atoms with Crippen LogP contribution in [0.1, 0.15) is 5.69 Å². The average Bonchev–Trinajstić information content (AvgIpc) is 2.65. The Morgan fingerprint density at radius 3 is 2.86 bits per heavy atom. The minimum Gasteiger partial charge on any atom is -0.488 e. The molecule has 1 aromatic carbocycles. The number of hydrogen-bond acceptors (Lipinski definition) is 8. The Kier molecular flexibility index (Phi) is 5.31. The number of sulfonamides is 1. The molecule has 2 heterocycles. The van der Waals surface area contributed by atoms with E-state index in [-0.39, 0.29) is 29.1 Å². The summed E-state index contributed by atoms with van der Waals surface area (Å²) in [6.07, 6.45) is 0.584. The molecule has 148 valence electrons. The lowest BCUT2D eigenvalue weighted by molar-refractivity contribution is -0.107. The third-order valence-electron chi connectivity index (χ3n) is 3.76. The number of urea groups is 1. The van der Waals surface area contributed by atoms with E-state index >= 15 is 0 Å². The number of carbonyl (C=O) groups is 2. The van der Waals surface area contributed by atoms with Gasteiger partial charge in [-0.1, -0.05) is 6.07 Å². The molecule has 0 aliphatic carbocycles. The van der Waals surface area contributed by atoms with Crippen LogP contribution in [0.5, 0.6) is 11.6 Å². The predicted octanol–water partition coefficient (Wildman–Crippen LogP) is 0.659. The Morgan fingerprint density at radius 1 is 1.36 bits per heavy atom. The smallest absolute Gasteiger partial charge is 0.335 e. The summed E-state index contributed by atoms with van der Waals surface area (Å²) in [6.45, 7) is 2.08. The lowest BCUT2D eigenvalue weighted by Gasteiger charge is -2.27. The molecule has 2 aromatic rings. The zero-order valence-electron chi connectivity index (χ0n) is 15.0. The topological polar surface area (TPSA) is 140 Å². The van der Waals surface area contributed by atoms with Crippen molar-refractivity contribution in [1.82, 2.24) is 14.7 Å². The Bertz CT molecular complexity index is 1030. The number of anilines is 2. The molecule has 12 heteroatoms. The number of nitrogens with zero attached hydrogens (tertiary/aromatic N) is 3. The maximum atomic E-state index is 12.7. The molecule has 0 fully saturated rings. The molecule has 0 atom stereocenters. The fourth-order valence-corrected chi connectivity index (χ4v) is 3.64. The van der Waals surface area contributed by atoms with Crippen molar-refractivity contribution in [2.24, 2.45) is 0 Å². The fraction of sp³-hybridized carbons (Fsp3) is 0.250. The van der Waals surface area contributed by atoms with Crippen molar-refractivity contribution in [3.8, 4) is 11.6 Å². The molecule has 11 nitrogen and oxygen atoms in total. The van der Waals surface area contributed by atoms with Crippen molar-refractivity contribution >= 4 is 34.1 Å². The zero-order valence-corrected chi connectivity index (χ0v) is 15.8. The van der Waals surface area contributed by atoms with Crippen LogP contribution >= 0.6 is 0 Å². The van der Waals surface area contributed by atoms with Crippen LogP contribution in [0.15, 0.2) is 29.2 Å². The summed E-state index contributed by atoms with van der Waals surface area (Å²) in [4.78, 5) is 32.3. The van der Waals surface area contributed by atoms with Gasteiger partial charge in [-0.25, -0.2) is 22.9 Å². The van der Waals surface area contributed by atoms with Gasteiger partial charge in [0.1, 0.15) is 11.5 Å². The largest absolute Gasteiger partial charge is 0.488 e. The molecule has 0 saturated carbocycles. The standard InChI is InChI=1S/C16H17N5O6S/c1-10-8-13(26-2)18-15(17-10)19-16(23)20-28(24,25)12-5-3-4-11-14(12)27-7-6-21(11)9-22/h3-5,8-9H,6-7H2,1-2H3,(H2,17,18,19,20,23). The van der Waals surface area contributed by atoms with Crippen LogP contribution in [0.2, 0.25) is 0 Å². The highest BCUT2D eigenvalue weighted by Crippen LogP contribution is 2.36. The minimum absolute atomic E-state index is 0.00498. The molecular weight excluding hydrogens is 390 g/mol. The molecule has 0 spiro atoms. The number of benzene rings is 1. The normalized spacial score (nSPS) is 13.1. The highest BCUT2D eigenvalue weighted by molar-refractivity contribution is 7.90. The molecule has 1 aromatic heterocycles. The van der Waals surface area contributed by atoms with Gasteiger partial charge in [0, 0.05) is 11.8 Å². The van der Waals surface area contributed by atoms with E-state index in [4.69, 9.17) is 9.47 Å². The quantitative estimate of drug-likeness (QED) is 0.689. The van der Waals surface area contributed by atoms with Crippen LogP contribution in [0.25, 0.3) is 0 Å². The highest BCUT2D eigenvalue weighted by atomic mass is 32.2. The zero-order chi connectivity index (χ0) is 20.3. The summed E-state index contributed by atoms with van der Waals surface area (Å²) in [6, 6.07) is 4.76. The van der Waals surface area contributed by atoms with Gasteiger partial charge in [0.15, 0.2) is 5.75 Å². The van der Waals surface area contributed by atoms with Gasteiger partial charge in [-0.05, 0) is 19.1 Å². The van der Waals surface area contributed by atoms with E-state index in [1.54, 1.807) is 19.1 Å². The van der Waals surface area contributed by atoms with Crippen molar-refractivity contribution in [3.63, 3.8) is 0 Å². The second-order valence-electron chi connectivity index (χ2n) is 5.69. The Balaban J connectivity index is 1.84. The van der Waals surface area contributed by atoms with Crippen LogP contribution in [0.4, 0.5) is 16.4 Å². The number of aryl methyl sites for hydroxylation is 1. The number of carbonyl (C=O) groups excluding carboxylic acids is 2. The Morgan fingerprint density at radius 2 is 2.14 bits per heavy atom. The van der Waals surface area contributed by atoms with E-state index in [2.05, 4.69) is 15.3 Å². The Labute approximate surface area is 160 Å². The van der Waals surface area contributed by atoms with Crippen LogP contribution < -0.4 is 24.4 Å². The molecule has 0 bridgehead atoms. The summed E-state index contributed by atoms with van der Waals surface area (Å²) >= 11 is 0. The van der Waals surface area contributed by atoms with E-state index in [9.17, 15) is 18.0 Å². The van der Waals surface area contributed by atoms with Gasteiger partial charge in [0.25, 0.3) is 10.0 Å². The molecule has 1 aliphatic rings. The first-order valence-corrected chi connectivity index (χ1v) is 9.53. The number of ether oxygens (including phenoxy) is 2. The first-order chi connectivity index (χ1) is 13.3. The number of amides is 3. The van der Waals surface area contributed by atoms with Crippen molar-refractivity contribution in [3.05, 3.63) is 30.0 Å². The molecule has 3 amide bonds.